The van der Waals surface area contributed by atoms with Crippen molar-refractivity contribution in [3.8, 4) is 0 Å². The number of nitrogens with two attached hydrogens (primary N) is 1. The van der Waals surface area contributed by atoms with E-state index in [9.17, 15) is 0 Å². The molecule has 2 N–H and O–H groups in total. The van der Waals surface area contributed by atoms with Crippen LogP contribution in [0.25, 0.3) is 0 Å². The van der Waals surface area contributed by atoms with Gasteiger partial charge in [-0.25, -0.2) is 4.98 Å². The molecule has 3 rings (SSSR count). The maximum atomic E-state index is 5.92. The van der Waals surface area contributed by atoms with Crippen LogP contribution in [0.5, 0.6) is 0 Å². The van der Waals surface area contributed by atoms with E-state index in [0.29, 0.717) is 0 Å². The summed E-state index contributed by atoms with van der Waals surface area (Å²) in [7, 11) is 0. The van der Waals surface area contributed by atoms with Crippen molar-refractivity contribution in [3.05, 3.63) is 15.6 Å². The van der Waals surface area contributed by atoms with E-state index in [4.69, 9.17) is 5.73 Å². The number of hydrogen-bond acceptors (Lipinski definition) is 3. The lowest BCUT2D eigenvalue weighted by Gasteiger charge is -1.97. The zero-order valence-electron chi connectivity index (χ0n) is 6.92. The number of nitrogens with zero attached hydrogens (tertiary/aromatic N) is 1. The predicted molar refractivity (Wildman–Crippen MR) is 49.3 cm³/mol. The van der Waals surface area contributed by atoms with Crippen LogP contribution < -0.4 is 5.73 Å². The Kier molecular flexibility index (Phi) is 1.35. The van der Waals surface area contributed by atoms with Gasteiger partial charge in [0.25, 0.3) is 0 Å². The number of aryl methyl sites for hydroxylation is 1. The first-order chi connectivity index (χ1) is 5.84. The summed E-state index contributed by atoms with van der Waals surface area (Å²) >= 11 is 1.91. The average molecular weight is 180 g/mol. The lowest BCUT2D eigenvalue weighted by molar-refractivity contribution is 0.694. The van der Waals surface area contributed by atoms with Gasteiger partial charge in [0, 0.05) is 16.8 Å². The smallest absolute Gasteiger partial charge is 0.0962 e. The Bertz CT molecular complexity index is 314. The van der Waals surface area contributed by atoms with Gasteiger partial charge in [0.1, 0.15) is 0 Å². The number of thiazole rings is 1. The third-order valence-electron chi connectivity index (χ3n) is 2.70. The molecule has 64 valence electrons. The van der Waals surface area contributed by atoms with E-state index in [1.54, 1.807) is 0 Å². The van der Waals surface area contributed by atoms with Crippen molar-refractivity contribution >= 4 is 11.3 Å². The molecule has 0 amide bonds. The van der Waals surface area contributed by atoms with Gasteiger partial charge in [0.05, 0.1) is 10.7 Å². The monoisotopic (exact) mass is 180 g/mol. The SMILES string of the molecule is NC1CCc2sc(C3CC3)nc21. The highest BCUT2D eigenvalue weighted by molar-refractivity contribution is 7.11. The van der Waals surface area contributed by atoms with Crippen molar-refractivity contribution in [3.63, 3.8) is 0 Å². The van der Waals surface area contributed by atoms with E-state index in [0.717, 1.165) is 12.3 Å². The fourth-order valence-electron chi connectivity index (χ4n) is 1.78. The van der Waals surface area contributed by atoms with Gasteiger partial charge in [-0.05, 0) is 25.7 Å². The van der Waals surface area contributed by atoms with Gasteiger partial charge in [-0.1, -0.05) is 0 Å². The minimum atomic E-state index is 0.240. The molecule has 2 aliphatic rings. The van der Waals surface area contributed by atoms with Crippen LogP contribution in [0.2, 0.25) is 0 Å². The molecular weight excluding hydrogens is 168 g/mol. The Hall–Kier alpha value is -0.410. The van der Waals surface area contributed by atoms with Crippen molar-refractivity contribution in [2.75, 3.05) is 0 Å². The second kappa shape index (κ2) is 2.30. The molecule has 2 aliphatic carbocycles. The van der Waals surface area contributed by atoms with Crippen LogP contribution >= 0.6 is 11.3 Å². The molecule has 1 heterocycles. The van der Waals surface area contributed by atoms with E-state index in [2.05, 4.69) is 4.98 Å². The summed E-state index contributed by atoms with van der Waals surface area (Å²) in [6.45, 7) is 0. The summed E-state index contributed by atoms with van der Waals surface area (Å²) in [6.07, 6.45) is 4.98. The Morgan fingerprint density at radius 3 is 2.83 bits per heavy atom. The van der Waals surface area contributed by atoms with Gasteiger partial charge < -0.3 is 5.73 Å². The topological polar surface area (TPSA) is 38.9 Å². The molecular formula is C9H12N2S. The number of aromatic nitrogens is 1. The predicted octanol–water partition coefficient (Wildman–Crippen LogP) is 1.97. The molecule has 1 aromatic rings. The molecule has 1 unspecified atom stereocenters. The zero-order valence-corrected chi connectivity index (χ0v) is 7.73. The van der Waals surface area contributed by atoms with E-state index in [-0.39, 0.29) is 6.04 Å². The Labute approximate surface area is 75.8 Å². The molecule has 1 saturated carbocycles. The molecule has 0 spiro atoms. The largest absolute Gasteiger partial charge is 0.323 e. The lowest BCUT2D eigenvalue weighted by Crippen LogP contribution is -2.06. The molecule has 0 aliphatic heterocycles. The quantitative estimate of drug-likeness (QED) is 0.717. The van der Waals surface area contributed by atoms with Crippen LogP contribution in [0.1, 0.15) is 46.8 Å². The second-order valence-corrected chi connectivity index (χ2v) is 4.90. The van der Waals surface area contributed by atoms with Gasteiger partial charge in [-0.15, -0.1) is 11.3 Å². The molecule has 1 aromatic heterocycles. The summed E-state index contributed by atoms with van der Waals surface area (Å²) in [5, 5.41) is 1.36. The van der Waals surface area contributed by atoms with Gasteiger partial charge in [-0.3, -0.25) is 0 Å². The lowest BCUT2D eigenvalue weighted by atomic mass is 10.2. The molecule has 0 aromatic carbocycles. The first-order valence-electron chi connectivity index (χ1n) is 4.59. The molecule has 3 heteroatoms. The molecule has 1 fully saturated rings. The molecule has 0 saturated heterocycles. The van der Waals surface area contributed by atoms with Crippen LogP contribution in [0.15, 0.2) is 0 Å². The fraction of sp³-hybridized carbons (Fsp3) is 0.667. The second-order valence-electron chi connectivity index (χ2n) is 3.78. The molecule has 12 heavy (non-hydrogen) atoms. The zero-order chi connectivity index (χ0) is 8.13. The van der Waals surface area contributed by atoms with Crippen molar-refractivity contribution < 1.29 is 0 Å². The highest BCUT2D eigenvalue weighted by Crippen LogP contribution is 2.45. The number of rotatable bonds is 1. The van der Waals surface area contributed by atoms with Gasteiger partial charge in [0.2, 0.25) is 0 Å². The fourth-order valence-corrected chi connectivity index (χ4v) is 3.10. The standard InChI is InChI=1S/C9H12N2S/c10-6-3-4-7-8(6)11-9(12-7)5-1-2-5/h5-6H,1-4,10H2. The molecule has 1 atom stereocenters. The normalized spacial score (nSPS) is 27.6. The average Bonchev–Trinajstić information content (AvgIpc) is 2.73. The minimum absolute atomic E-state index is 0.240. The van der Waals surface area contributed by atoms with Crippen LogP contribution in [0.3, 0.4) is 0 Å². The van der Waals surface area contributed by atoms with Crippen LogP contribution in [-0.2, 0) is 6.42 Å². The first kappa shape index (κ1) is 7.04. The van der Waals surface area contributed by atoms with E-state index < -0.39 is 0 Å². The van der Waals surface area contributed by atoms with Crippen molar-refractivity contribution in [1.29, 1.82) is 0 Å². The van der Waals surface area contributed by atoms with Gasteiger partial charge >= 0.3 is 0 Å². The van der Waals surface area contributed by atoms with Crippen molar-refractivity contribution in [2.24, 2.45) is 5.73 Å². The Balaban J connectivity index is 2.01. The molecule has 0 bridgehead atoms. The van der Waals surface area contributed by atoms with Crippen molar-refractivity contribution in [2.45, 2.75) is 37.6 Å². The maximum Gasteiger partial charge on any atom is 0.0962 e. The summed E-state index contributed by atoms with van der Waals surface area (Å²) in [5.41, 5.74) is 7.13. The van der Waals surface area contributed by atoms with Crippen LogP contribution in [0.4, 0.5) is 0 Å². The summed E-state index contributed by atoms with van der Waals surface area (Å²) in [6, 6.07) is 0.240. The van der Waals surface area contributed by atoms with Crippen molar-refractivity contribution in [1.82, 2.24) is 4.98 Å². The first-order valence-corrected chi connectivity index (χ1v) is 5.41. The third-order valence-corrected chi connectivity index (χ3v) is 4.00. The Morgan fingerprint density at radius 1 is 1.33 bits per heavy atom. The van der Waals surface area contributed by atoms with Gasteiger partial charge in [0.15, 0.2) is 0 Å². The van der Waals surface area contributed by atoms with E-state index >= 15 is 0 Å². The number of fused-ring (bicyclic) bond motifs is 1. The molecule has 2 nitrogen and oxygen atoms in total. The molecule has 0 radical (unpaired) electrons. The number of hydrogen-bond donors (Lipinski definition) is 1. The van der Waals surface area contributed by atoms with Crippen LogP contribution in [-0.4, -0.2) is 4.98 Å². The summed E-state index contributed by atoms with van der Waals surface area (Å²) < 4.78 is 0. The maximum absolute atomic E-state index is 5.92. The third kappa shape index (κ3) is 0.930. The highest BCUT2D eigenvalue weighted by Gasteiger charge is 2.31. The Morgan fingerprint density at radius 2 is 2.17 bits per heavy atom. The summed E-state index contributed by atoms with van der Waals surface area (Å²) in [4.78, 5) is 6.09. The van der Waals surface area contributed by atoms with Crippen LogP contribution in [0, 0.1) is 0 Å². The van der Waals surface area contributed by atoms with E-state index in [1.807, 2.05) is 11.3 Å². The van der Waals surface area contributed by atoms with E-state index in [1.165, 1.54) is 34.8 Å². The summed E-state index contributed by atoms with van der Waals surface area (Å²) in [5.74, 6) is 0.799. The van der Waals surface area contributed by atoms with Gasteiger partial charge in [-0.2, -0.15) is 0 Å². The highest BCUT2D eigenvalue weighted by atomic mass is 32.1. The minimum Gasteiger partial charge on any atom is -0.323 e.